The summed E-state index contributed by atoms with van der Waals surface area (Å²) in [4.78, 5) is 11.9. The van der Waals surface area contributed by atoms with Crippen LogP contribution in [0.25, 0.3) is 5.69 Å². The fourth-order valence-electron chi connectivity index (χ4n) is 2.03. The molecule has 0 bridgehead atoms. The topological polar surface area (TPSA) is 81.9 Å². The average molecular weight is 344 g/mol. The molecule has 0 aliphatic heterocycles. The smallest absolute Gasteiger partial charge is 0.258 e. The summed E-state index contributed by atoms with van der Waals surface area (Å²) in [5.74, 6) is 0.318. The lowest BCUT2D eigenvalue weighted by atomic mass is 10.2. The molecule has 2 aromatic carbocycles. The number of nitrogens with one attached hydrogen (secondary N) is 1. The molecule has 0 radical (unpaired) electrons. The molecule has 0 fully saturated rings. The van der Waals surface area contributed by atoms with Crippen LogP contribution in [0.2, 0.25) is 5.02 Å². The molecule has 1 aromatic heterocycles. The summed E-state index contributed by atoms with van der Waals surface area (Å²) in [6.45, 7) is 0.260. The lowest BCUT2D eigenvalue weighted by molar-refractivity contribution is -0.123. The number of amides is 1. The Morgan fingerprint density at radius 2 is 2.08 bits per heavy atom. The summed E-state index contributed by atoms with van der Waals surface area (Å²) in [5.41, 5.74) is 1.60. The van der Waals surface area contributed by atoms with E-state index in [4.69, 9.17) is 16.3 Å². The van der Waals surface area contributed by atoms with Crippen molar-refractivity contribution in [2.24, 2.45) is 0 Å². The van der Waals surface area contributed by atoms with Gasteiger partial charge in [-0.05, 0) is 34.2 Å². The number of halogens is 1. The molecule has 24 heavy (non-hydrogen) atoms. The first-order valence-electron chi connectivity index (χ1n) is 7.19. The van der Waals surface area contributed by atoms with E-state index in [1.807, 2.05) is 24.3 Å². The summed E-state index contributed by atoms with van der Waals surface area (Å²) in [5, 5.41) is 14.3. The van der Waals surface area contributed by atoms with E-state index >= 15 is 0 Å². The minimum absolute atomic E-state index is 0.0937. The van der Waals surface area contributed by atoms with Gasteiger partial charge >= 0.3 is 0 Å². The second-order valence-electron chi connectivity index (χ2n) is 4.91. The second-order valence-corrected chi connectivity index (χ2v) is 5.32. The average Bonchev–Trinajstić information content (AvgIpc) is 3.14. The number of carbonyl (C=O) groups excluding carboxylic acids is 1. The van der Waals surface area contributed by atoms with Gasteiger partial charge in [-0.25, -0.2) is 4.68 Å². The van der Waals surface area contributed by atoms with Gasteiger partial charge in [0.25, 0.3) is 5.91 Å². The summed E-state index contributed by atoms with van der Waals surface area (Å²) in [6.07, 6.45) is 1.48. The van der Waals surface area contributed by atoms with E-state index < -0.39 is 0 Å². The number of carbonyl (C=O) groups is 1. The predicted octanol–water partition coefficient (Wildman–Crippen LogP) is 2.01. The van der Waals surface area contributed by atoms with E-state index in [-0.39, 0.29) is 12.5 Å². The molecule has 0 aliphatic carbocycles. The Bertz CT molecular complexity index is 823. The van der Waals surface area contributed by atoms with Crippen molar-refractivity contribution in [1.82, 2.24) is 25.5 Å². The number of hydrogen-bond donors (Lipinski definition) is 1. The molecule has 7 nitrogen and oxygen atoms in total. The molecule has 3 aromatic rings. The van der Waals surface area contributed by atoms with Crippen LogP contribution in [0, 0.1) is 0 Å². The van der Waals surface area contributed by atoms with E-state index in [2.05, 4.69) is 20.8 Å². The van der Waals surface area contributed by atoms with E-state index in [0.717, 1.165) is 11.3 Å². The van der Waals surface area contributed by atoms with Crippen molar-refractivity contribution in [2.45, 2.75) is 6.54 Å². The minimum Gasteiger partial charge on any atom is -0.484 e. The van der Waals surface area contributed by atoms with E-state index in [1.54, 1.807) is 24.3 Å². The highest BCUT2D eigenvalue weighted by atomic mass is 35.5. The van der Waals surface area contributed by atoms with Crippen LogP contribution in [0.3, 0.4) is 0 Å². The Morgan fingerprint density at radius 1 is 1.21 bits per heavy atom. The Kier molecular flexibility index (Phi) is 5.02. The maximum absolute atomic E-state index is 11.9. The lowest BCUT2D eigenvalue weighted by Gasteiger charge is -2.09. The van der Waals surface area contributed by atoms with Crippen molar-refractivity contribution < 1.29 is 9.53 Å². The van der Waals surface area contributed by atoms with Crippen LogP contribution in [-0.4, -0.2) is 32.7 Å². The molecule has 1 heterocycles. The summed E-state index contributed by atoms with van der Waals surface area (Å²) in [7, 11) is 0. The number of aromatic nitrogens is 4. The van der Waals surface area contributed by atoms with Crippen LogP contribution in [0.15, 0.2) is 54.9 Å². The van der Waals surface area contributed by atoms with Crippen molar-refractivity contribution in [3.63, 3.8) is 0 Å². The van der Waals surface area contributed by atoms with Crippen LogP contribution >= 0.6 is 11.6 Å². The maximum Gasteiger partial charge on any atom is 0.258 e. The fraction of sp³-hybridized carbons (Fsp3) is 0.125. The van der Waals surface area contributed by atoms with Crippen LogP contribution in [0.4, 0.5) is 0 Å². The highest BCUT2D eigenvalue weighted by molar-refractivity contribution is 6.31. The third-order valence-corrected chi connectivity index (χ3v) is 3.60. The Labute approximate surface area is 143 Å². The zero-order valence-corrected chi connectivity index (χ0v) is 13.3. The van der Waals surface area contributed by atoms with Crippen LogP contribution < -0.4 is 10.1 Å². The number of hydrogen-bond acceptors (Lipinski definition) is 5. The molecule has 0 spiro atoms. The normalized spacial score (nSPS) is 10.4. The van der Waals surface area contributed by atoms with Gasteiger partial charge in [-0.3, -0.25) is 4.79 Å². The number of nitrogens with zero attached hydrogens (tertiary/aromatic N) is 4. The first kappa shape index (κ1) is 15.9. The molecule has 8 heteroatoms. The molecule has 0 aliphatic rings. The Balaban J connectivity index is 1.53. The summed E-state index contributed by atoms with van der Waals surface area (Å²) in [6, 6.07) is 14.5. The molecule has 0 atom stereocenters. The minimum atomic E-state index is -0.234. The largest absolute Gasteiger partial charge is 0.484 e. The van der Waals surface area contributed by atoms with Crippen LogP contribution in [-0.2, 0) is 11.3 Å². The van der Waals surface area contributed by atoms with Gasteiger partial charge in [-0.15, -0.1) is 5.10 Å². The van der Waals surface area contributed by atoms with Gasteiger partial charge in [-0.1, -0.05) is 35.9 Å². The number of tetrazole rings is 1. The molecule has 1 N–H and O–H groups in total. The van der Waals surface area contributed by atoms with Gasteiger partial charge < -0.3 is 10.1 Å². The Morgan fingerprint density at radius 3 is 2.88 bits per heavy atom. The molecular weight excluding hydrogens is 330 g/mol. The predicted molar refractivity (Wildman–Crippen MR) is 87.9 cm³/mol. The monoisotopic (exact) mass is 343 g/mol. The van der Waals surface area contributed by atoms with Crippen molar-refractivity contribution in [3.05, 3.63) is 65.4 Å². The van der Waals surface area contributed by atoms with E-state index in [0.29, 0.717) is 17.3 Å². The van der Waals surface area contributed by atoms with Crippen molar-refractivity contribution in [2.75, 3.05) is 6.61 Å². The number of rotatable bonds is 6. The molecule has 0 saturated heterocycles. The highest BCUT2D eigenvalue weighted by Gasteiger charge is 2.06. The van der Waals surface area contributed by atoms with E-state index in [1.165, 1.54) is 11.0 Å². The van der Waals surface area contributed by atoms with Crippen molar-refractivity contribution in [3.8, 4) is 11.4 Å². The van der Waals surface area contributed by atoms with Crippen LogP contribution in [0.1, 0.15) is 5.56 Å². The Hall–Kier alpha value is -2.93. The second kappa shape index (κ2) is 7.56. The first-order chi connectivity index (χ1) is 11.7. The zero-order valence-electron chi connectivity index (χ0n) is 12.6. The number of benzene rings is 2. The molecule has 3 rings (SSSR count). The quantitative estimate of drug-likeness (QED) is 0.740. The summed E-state index contributed by atoms with van der Waals surface area (Å²) >= 11 is 6.05. The molecule has 0 unspecified atom stereocenters. The first-order valence-corrected chi connectivity index (χ1v) is 7.56. The molecular formula is C16H14ClN5O2. The molecule has 1 amide bonds. The third-order valence-electron chi connectivity index (χ3n) is 3.23. The van der Waals surface area contributed by atoms with Crippen molar-refractivity contribution >= 4 is 17.5 Å². The van der Waals surface area contributed by atoms with Gasteiger partial charge in [0.15, 0.2) is 6.61 Å². The van der Waals surface area contributed by atoms with Gasteiger partial charge in [0.2, 0.25) is 0 Å². The van der Waals surface area contributed by atoms with Gasteiger partial charge in [-0.2, -0.15) is 0 Å². The summed E-state index contributed by atoms with van der Waals surface area (Å²) < 4.78 is 7.00. The van der Waals surface area contributed by atoms with E-state index in [9.17, 15) is 4.79 Å². The standard InChI is InChI=1S/C16H14ClN5O2/c17-15-7-2-1-4-12(15)9-18-16(23)10-24-14-6-3-5-13(8-14)22-11-19-20-21-22/h1-8,11H,9-10H2,(H,18,23). The molecule has 122 valence electrons. The number of ether oxygens (including phenoxy) is 1. The molecule has 0 saturated carbocycles. The van der Waals surface area contributed by atoms with Crippen LogP contribution in [0.5, 0.6) is 5.75 Å². The van der Waals surface area contributed by atoms with Gasteiger partial charge in [0, 0.05) is 17.6 Å². The SMILES string of the molecule is O=C(COc1cccc(-n2cnnn2)c1)NCc1ccccc1Cl. The van der Waals surface area contributed by atoms with Crippen molar-refractivity contribution in [1.29, 1.82) is 0 Å². The fourth-order valence-corrected chi connectivity index (χ4v) is 2.23. The maximum atomic E-state index is 11.9. The van der Waals surface area contributed by atoms with Gasteiger partial charge in [0.1, 0.15) is 12.1 Å². The highest BCUT2D eigenvalue weighted by Crippen LogP contribution is 2.16. The zero-order chi connectivity index (χ0) is 16.8. The third kappa shape index (κ3) is 4.08. The lowest BCUT2D eigenvalue weighted by Crippen LogP contribution is -2.28. The van der Waals surface area contributed by atoms with Gasteiger partial charge in [0.05, 0.1) is 5.69 Å².